The molecule has 0 saturated heterocycles. The van der Waals surface area contributed by atoms with Crippen molar-refractivity contribution in [2.24, 2.45) is 0 Å². The molecule has 2 aliphatic rings. The average molecular weight is 395 g/mol. The molecule has 2 aromatic heterocycles. The number of hydrogen-bond donors (Lipinski definition) is 2. The second kappa shape index (κ2) is 7.28. The topological polar surface area (TPSA) is 57.4 Å². The average Bonchev–Trinajstić information content (AvgIpc) is 3.43. The van der Waals surface area contributed by atoms with E-state index in [9.17, 15) is 0 Å². The predicted molar refractivity (Wildman–Crippen MR) is 124 cm³/mol. The first-order valence-corrected chi connectivity index (χ1v) is 11.2. The molecule has 0 atom stereocenters. The predicted octanol–water partition coefficient (Wildman–Crippen LogP) is 7.02. The smallest absolute Gasteiger partial charge is 0.134 e. The normalized spacial score (nSPS) is 17.3. The van der Waals surface area contributed by atoms with Gasteiger partial charge >= 0.3 is 0 Å². The Morgan fingerprint density at radius 3 is 1.53 bits per heavy atom. The highest BCUT2D eigenvalue weighted by Crippen LogP contribution is 2.31. The number of nitrogens with one attached hydrogen (secondary N) is 2. The first kappa shape index (κ1) is 17.7. The summed E-state index contributed by atoms with van der Waals surface area (Å²) in [6, 6.07) is 13.0. The lowest BCUT2D eigenvalue weighted by Crippen LogP contribution is -1.93. The minimum Gasteiger partial charge on any atom is -0.338 e. The van der Waals surface area contributed by atoms with Crippen LogP contribution in [0.3, 0.4) is 0 Å². The van der Waals surface area contributed by atoms with Crippen LogP contribution in [0.25, 0.3) is 44.3 Å². The van der Waals surface area contributed by atoms with E-state index in [1.165, 1.54) is 60.8 Å². The van der Waals surface area contributed by atoms with Crippen LogP contribution in [0.4, 0.5) is 0 Å². The molecule has 0 amide bonds. The van der Waals surface area contributed by atoms with Gasteiger partial charge in [0.15, 0.2) is 0 Å². The van der Waals surface area contributed by atoms with Crippen molar-refractivity contribution in [3.8, 4) is 11.1 Å². The molecule has 2 heterocycles. The van der Waals surface area contributed by atoms with Crippen molar-refractivity contribution in [2.75, 3.05) is 0 Å². The summed E-state index contributed by atoms with van der Waals surface area (Å²) < 4.78 is 0. The van der Waals surface area contributed by atoms with E-state index in [2.05, 4.69) is 58.5 Å². The number of aromatic amines is 2. The number of H-pyrrole nitrogens is 2. The lowest BCUT2D eigenvalue weighted by molar-refractivity contribution is 0.738. The highest BCUT2D eigenvalue weighted by Gasteiger charge is 2.13. The van der Waals surface area contributed by atoms with Crippen LogP contribution in [-0.4, -0.2) is 19.9 Å². The Hall–Kier alpha value is -3.14. The van der Waals surface area contributed by atoms with E-state index >= 15 is 0 Å². The molecular weight excluding hydrogens is 368 g/mol. The van der Waals surface area contributed by atoms with Crippen LogP contribution >= 0.6 is 0 Å². The first-order chi connectivity index (χ1) is 14.8. The number of nitrogens with zero attached hydrogens (tertiary/aromatic N) is 2. The summed E-state index contributed by atoms with van der Waals surface area (Å²) in [6.07, 6.45) is 14.4. The van der Waals surface area contributed by atoms with Crippen molar-refractivity contribution in [3.05, 3.63) is 60.2 Å². The van der Waals surface area contributed by atoms with Crippen LogP contribution in [0.5, 0.6) is 0 Å². The lowest BCUT2D eigenvalue weighted by atomic mass is 9.99. The van der Waals surface area contributed by atoms with Gasteiger partial charge in [-0.15, -0.1) is 0 Å². The van der Waals surface area contributed by atoms with Gasteiger partial charge in [0, 0.05) is 0 Å². The molecule has 0 radical (unpaired) electrons. The second-order valence-electron chi connectivity index (χ2n) is 8.58. The largest absolute Gasteiger partial charge is 0.338 e. The molecule has 0 aliphatic heterocycles. The third kappa shape index (κ3) is 3.17. The van der Waals surface area contributed by atoms with Crippen LogP contribution in [-0.2, 0) is 0 Å². The third-order valence-corrected chi connectivity index (χ3v) is 6.49. The van der Waals surface area contributed by atoms with Gasteiger partial charge in [0.1, 0.15) is 11.6 Å². The molecule has 2 aliphatic carbocycles. The van der Waals surface area contributed by atoms with Crippen LogP contribution in [0.15, 0.2) is 48.6 Å². The van der Waals surface area contributed by atoms with E-state index in [1.54, 1.807) is 0 Å². The Balaban J connectivity index is 1.36. The van der Waals surface area contributed by atoms with Crippen LogP contribution < -0.4 is 0 Å². The molecule has 150 valence electrons. The van der Waals surface area contributed by atoms with Gasteiger partial charge in [-0.3, -0.25) is 0 Å². The Kier molecular flexibility index (Phi) is 4.29. The van der Waals surface area contributed by atoms with Crippen molar-refractivity contribution < 1.29 is 0 Å². The summed E-state index contributed by atoms with van der Waals surface area (Å²) in [7, 11) is 0. The number of allylic oxidation sites excluding steroid dienone is 4. The molecule has 30 heavy (non-hydrogen) atoms. The van der Waals surface area contributed by atoms with Gasteiger partial charge in [0.05, 0.1) is 22.1 Å². The van der Waals surface area contributed by atoms with E-state index in [1.807, 2.05) is 0 Å². The van der Waals surface area contributed by atoms with Gasteiger partial charge in [-0.1, -0.05) is 24.3 Å². The molecule has 0 spiro atoms. The van der Waals surface area contributed by atoms with Gasteiger partial charge in [-0.05, 0) is 97.9 Å². The quantitative estimate of drug-likeness (QED) is 0.392. The van der Waals surface area contributed by atoms with Crippen molar-refractivity contribution in [1.82, 2.24) is 19.9 Å². The molecule has 4 aromatic rings. The van der Waals surface area contributed by atoms with E-state index in [4.69, 9.17) is 9.97 Å². The molecule has 0 saturated carbocycles. The third-order valence-electron chi connectivity index (χ3n) is 6.49. The van der Waals surface area contributed by atoms with Gasteiger partial charge in [-0.2, -0.15) is 0 Å². The van der Waals surface area contributed by atoms with E-state index in [0.29, 0.717) is 0 Å². The lowest BCUT2D eigenvalue weighted by Gasteiger charge is -2.09. The monoisotopic (exact) mass is 394 g/mol. The summed E-state index contributed by atoms with van der Waals surface area (Å²) in [5, 5.41) is 0. The number of imidazole rings is 2. The number of benzene rings is 2. The standard InChI is InChI=1S/C26H26N4/c1-3-7-17(8-4-1)25-27-21-13-11-19(15-23(21)29-25)20-12-14-22-24(16-20)30-26(28-22)18-9-5-2-6-10-18/h7,9,11-16H,1-6,8,10H2,(H,27,29)(H,28,30). The maximum atomic E-state index is 4.83. The zero-order valence-corrected chi connectivity index (χ0v) is 17.2. The number of fused-ring (bicyclic) bond motifs is 2. The molecule has 0 unspecified atom stereocenters. The first-order valence-electron chi connectivity index (χ1n) is 11.2. The Morgan fingerprint density at radius 1 is 0.600 bits per heavy atom. The zero-order valence-electron chi connectivity index (χ0n) is 17.2. The molecule has 2 N–H and O–H groups in total. The number of aromatic nitrogens is 4. The summed E-state index contributed by atoms with van der Waals surface area (Å²) in [4.78, 5) is 16.8. The van der Waals surface area contributed by atoms with Crippen LogP contribution in [0.2, 0.25) is 0 Å². The fourth-order valence-electron chi connectivity index (χ4n) is 4.79. The van der Waals surface area contributed by atoms with E-state index in [-0.39, 0.29) is 0 Å². The Morgan fingerprint density at radius 2 is 1.10 bits per heavy atom. The SMILES string of the molecule is C1=C(c2nc3ccc(-c4ccc5nc(C6=CCCCC6)[nH]c5c4)cc3[nH]2)CCCC1. The maximum Gasteiger partial charge on any atom is 0.134 e. The Labute approximate surface area is 176 Å². The van der Waals surface area contributed by atoms with E-state index in [0.717, 1.165) is 46.6 Å². The molecular formula is C26H26N4. The van der Waals surface area contributed by atoms with Crippen LogP contribution in [0.1, 0.15) is 63.0 Å². The molecule has 6 rings (SSSR count). The highest BCUT2D eigenvalue weighted by molar-refractivity contribution is 5.88. The molecule has 4 heteroatoms. The van der Waals surface area contributed by atoms with Gasteiger partial charge in [0.25, 0.3) is 0 Å². The molecule has 2 aromatic carbocycles. The summed E-state index contributed by atoms with van der Waals surface area (Å²) >= 11 is 0. The molecule has 0 bridgehead atoms. The zero-order chi connectivity index (χ0) is 19.9. The van der Waals surface area contributed by atoms with Gasteiger partial charge < -0.3 is 9.97 Å². The van der Waals surface area contributed by atoms with Crippen LogP contribution in [0, 0.1) is 0 Å². The highest BCUT2D eigenvalue weighted by atomic mass is 14.9. The minimum atomic E-state index is 1.04. The van der Waals surface area contributed by atoms with Crippen molar-refractivity contribution in [1.29, 1.82) is 0 Å². The minimum absolute atomic E-state index is 1.04. The number of rotatable bonds is 3. The second-order valence-corrected chi connectivity index (χ2v) is 8.58. The Bertz CT molecular complexity index is 1200. The maximum absolute atomic E-state index is 4.83. The van der Waals surface area contributed by atoms with Gasteiger partial charge in [-0.25, -0.2) is 9.97 Å². The fourth-order valence-corrected chi connectivity index (χ4v) is 4.79. The van der Waals surface area contributed by atoms with Crippen molar-refractivity contribution >= 4 is 33.2 Å². The van der Waals surface area contributed by atoms with E-state index < -0.39 is 0 Å². The molecule has 0 fully saturated rings. The fraction of sp³-hybridized carbons (Fsp3) is 0.308. The van der Waals surface area contributed by atoms with Crippen molar-refractivity contribution in [3.63, 3.8) is 0 Å². The summed E-state index contributed by atoms with van der Waals surface area (Å²) in [6.45, 7) is 0. The van der Waals surface area contributed by atoms with Gasteiger partial charge in [0.2, 0.25) is 0 Å². The summed E-state index contributed by atoms with van der Waals surface area (Å²) in [5.74, 6) is 2.08. The number of hydrogen-bond acceptors (Lipinski definition) is 2. The summed E-state index contributed by atoms with van der Waals surface area (Å²) in [5.41, 5.74) is 9.41. The molecule has 4 nitrogen and oxygen atoms in total. The van der Waals surface area contributed by atoms with Crippen molar-refractivity contribution in [2.45, 2.75) is 51.4 Å².